The summed E-state index contributed by atoms with van der Waals surface area (Å²) in [5.74, 6) is -2.08. The fourth-order valence-electron chi connectivity index (χ4n) is 1.13. The van der Waals surface area contributed by atoms with Crippen molar-refractivity contribution < 1.29 is 14.3 Å². The summed E-state index contributed by atoms with van der Waals surface area (Å²) in [6.07, 6.45) is 0. The van der Waals surface area contributed by atoms with Crippen molar-refractivity contribution in [2.24, 2.45) is 0 Å². The molecule has 2 heterocycles. The molecule has 1 N–H and O–H groups in total. The molecule has 0 aliphatic rings. The Morgan fingerprint density at radius 3 is 2.88 bits per heavy atom. The van der Waals surface area contributed by atoms with Crippen LogP contribution in [0.5, 0.6) is 0 Å². The highest BCUT2D eigenvalue weighted by molar-refractivity contribution is 7.07. The number of carboxylic acids is 1. The Labute approximate surface area is 98.4 Å². The zero-order chi connectivity index (χ0) is 11.7. The van der Waals surface area contributed by atoms with Gasteiger partial charge in [0.05, 0.1) is 11.1 Å². The zero-order valence-corrected chi connectivity index (χ0v) is 9.22. The third kappa shape index (κ3) is 1.89. The lowest BCUT2D eigenvalue weighted by atomic mass is 10.2. The number of rotatable bonds is 2. The Bertz CT molecular complexity index is 545. The van der Waals surface area contributed by atoms with E-state index in [1.54, 1.807) is 5.38 Å². The molecule has 16 heavy (non-hydrogen) atoms. The first kappa shape index (κ1) is 11.0. The molecule has 0 atom stereocenters. The predicted molar refractivity (Wildman–Crippen MR) is 57.3 cm³/mol. The summed E-state index contributed by atoms with van der Waals surface area (Å²) >= 11 is 6.91. The molecule has 0 fully saturated rings. The van der Waals surface area contributed by atoms with E-state index in [2.05, 4.69) is 9.97 Å². The fourth-order valence-corrected chi connectivity index (χ4v) is 1.88. The number of aromatic nitrogens is 2. The Kier molecular flexibility index (Phi) is 2.84. The molecule has 0 bridgehead atoms. The minimum atomic E-state index is -1.32. The van der Waals surface area contributed by atoms with Crippen molar-refractivity contribution in [1.29, 1.82) is 0 Å². The van der Waals surface area contributed by atoms with Crippen LogP contribution < -0.4 is 0 Å². The molecule has 0 aromatic carbocycles. The molecule has 0 saturated heterocycles. The third-order valence-electron chi connectivity index (χ3n) is 1.83. The van der Waals surface area contributed by atoms with Crippen molar-refractivity contribution >= 4 is 28.9 Å². The minimum absolute atomic E-state index is 0.0451. The largest absolute Gasteiger partial charge is 0.478 e. The highest BCUT2D eigenvalue weighted by atomic mass is 35.5. The van der Waals surface area contributed by atoms with Gasteiger partial charge in [0.25, 0.3) is 0 Å². The number of thiazole rings is 1. The van der Waals surface area contributed by atoms with Crippen LogP contribution in [-0.2, 0) is 0 Å². The lowest BCUT2D eigenvalue weighted by Gasteiger charge is -2.02. The Morgan fingerprint density at radius 1 is 1.56 bits per heavy atom. The van der Waals surface area contributed by atoms with Crippen molar-refractivity contribution in [1.82, 2.24) is 9.97 Å². The monoisotopic (exact) mass is 258 g/mol. The first-order chi connectivity index (χ1) is 7.59. The Balaban J connectivity index is 2.59. The van der Waals surface area contributed by atoms with Crippen molar-refractivity contribution in [3.63, 3.8) is 0 Å². The summed E-state index contributed by atoms with van der Waals surface area (Å²) in [6.45, 7) is 0. The van der Waals surface area contributed by atoms with Crippen molar-refractivity contribution in [2.45, 2.75) is 0 Å². The van der Waals surface area contributed by atoms with E-state index in [9.17, 15) is 9.18 Å². The van der Waals surface area contributed by atoms with Gasteiger partial charge in [0.15, 0.2) is 5.82 Å². The second-order valence-electron chi connectivity index (χ2n) is 2.84. The number of aromatic carboxylic acids is 1. The fraction of sp³-hybridized carbons (Fsp3) is 0. The van der Waals surface area contributed by atoms with Crippen LogP contribution in [0.2, 0.25) is 5.15 Å². The first-order valence-electron chi connectivity index (χ1n) is 4.07. The normalized spacial score (nSPS) is 10.4. The van der Waals surface area contributed by atoms with Gasteiger partial charge in [-0.1, -0.05) is 11.6 Å². The van der Waals surface area contributed by atoms with Gasteiger partial charge in [-0.25, -0.2) is 19.2 Å². The standard InChI is InChI=1S/C9H4ClFN2O2S/c10-8-4(9(14)15)1-5(11)7(13-8)6-2-16-3-12-6/h1-3H,(H,14,15). The Hall–Kier alpha value is -1.53. The van der Waals surface area contributed by atoms with Crippen LogP contribution in [0.15, 0.2) is 17.0 Å². The average Bonchev–Trinajstić information content (AvgIpc) is 2.73. The predicted octanol–water partition coefficient (Wildman–Crippen LogP) is 2.70. The van der Waals surface area contributed by atoms with Gasteiger partial charge in [0, 0.05) is 5.38 Å². The van der Waals surface area contributed by atoms with E-state index < -0.39 is 11.8 Å². The molecule has 4 nitrogen and oxygen atoms in total. The molecule has 0 saturated carbocycles. The van der Waals surface area contributed by atoms with Crippen LogP contribution >= 0.6 is 22.9 Å². The topological polar surface area (TPSA) is 63.1 Å². The third-order valence-corrected chi connectivity index (χ3v) is 2.71. The van der Waals surface area contributed by atoms with Crippen LogP contribution in [0.25, 0.3) is 11.4 Å². The lowest BCUT2D eigenvalue weighted by Crippen LogP contribution is -2.02. The number of hydrogen-bond acceptors (Lipinski definition) is 4. The van der Waals surface area contributed by atoms with E-state index in [1.807, 2.05) is 0 Å². The summed E-state index contributed by atoms with van der Waals surface area (Å²) in [5, 5.41) is 10.1. The van der Waals surface area contributed by atoms with Crippen LogP contribution in [0.4, 0.5) is 4.39 Å². The lowest BCUT2D eigenvalue weighted by molar-refractivity contribution is 0.0696. The van der Waals surface area contributed by atoms with E-state index in [4.69, 9.17) is 16.7 Å². The van der Waals surface area contributed by atoms with Gasteiger partial charge in [-0.2, -0.15) is 0 Å². The van der Waals surface area contributed by atoms with Gasteiger partial charge >= 0.3 is 5.97 Å². The molecule has 0 spiro atoms. The van der Waals surface area contributed by atoms with Crippen molar-refractivity contribution in [2.75, 3.05) is 0 Å². The second-order valence-corrected chi connectivity index (χ2v) is 3.91. The van der Waals surface area contributed by atoms with Gasteiger partial charge in [-0.15, -0.1) is 11.3 Å². The van der Waals surface area contributed by atoms with E-state index in [-0.39, 0.29) is 16.4 Å². The molecular formula is C9H4ClFN2O2S. The number of carbonyl (C=O) groups is 1. The summed E-state index contributed by atoms with van der Waals surface area (Å²) in [4.78, 5) is 18.2. The highest BCUT2D eigenvalue weighted by Crippen LogP contribution is 2.25. The molecule has 2 rings (SSSR count). The Morgan fingerprint density at radius 2 is 2.31 bits per heavy atom. The van der Waals surface area contributed by atoms with Gasteiger partial charge in [-0.05, 0) is 6.07 Å². The quantitative estimate of drug-likeness (QED) is 0.841. The SMILES string of the molecule is O=C(O)c1cc(F)c(-c2cscn2)nc1Cl. The molecular weight excluding hydrogens is 255 g/mol. The minimum Gasteiger partial charge on any atom is -0.478 e. The molecule has 0 unspecified atom stereocenters. The van der Waals surface area contributed by atoms with E-state index >= 15 is 0 Å². The molecule has 0 radical (unpaired) electrons. The number of halogens is 2. The number of nitrogens with zero attached hydrogens (tertiary/aromatic N) is 2. The molecule has 7 heteroatoms. The second kappa shape index (κ2) is 4.15. The maximum Gasteiger partial charge on any atom is 0.338 e. The molecule has 82 valence electrons. The van der Waals surface area contributed by atoms with Crippen LogP contribution in [0.3, 0.4) is 0 Å². The van der Waals surface area contributed by atoms with Gasteiger partial charge in [0.1, 0.15) is 16.5 Å². The summed E-state index contributed by atoms with van der Waals surface area (Å²) in [7, 11) is 0. The van der Waals surface area contributed by atoms with Gasteiger partial charge < -0.3 is 5.11 Å². The number of hydrogen-bond donors (Lipinski definition) is 1. The van der Waals surface area contributed by atoms with Crippen molar-refractivity contribution in [3.8, 4) is 11.4 Å². The van der Waals surface area contributed by atoms with E-state index in [1.165, 1.54) is 16.8 Å². The van der Waals surface area contributed by atoms with E-state index in [0.717, 1.165) is 6.07 Å². The molecule has 0 amide bonds. The van der Waals surface area contributed by atoms with Crippen LogP contribution in [0.1, 0.15) is 10.4 Å². The molecule has 0 aliphatic heterocycles. The van der Waals surface area contributed by atoms with E-state index in [0.29, 0.717) is 5.69 Å². The molecule has 2 aromatic rings. The number of carboxylic acid groups (broad SMARTS) is 1. The molecule has 2 aromatic heterocycles. The number of pyridine rings is 1. The summed E-state index contributed by atoms with van der Waals surface area (Å²) in [5.41, 5.74) is 1.45. The van der Waals surface area contributed by atoms with Crippen LogP contribution in [0, 0.1) is 5.82 Å². The summed E-state index contributed by atoms with van der Waals surface area (Å²) in [6, 6.07) is 0.840. The first-order valence-corrected chi connectivity index (χ1v) is 5.39. The van der Waals surface area contributed by atoms with Gasteiger partial charge in [-0.3, -0.25) is 0 Å². The maximum atomic E-state index is 13.5. The van der Waals surface area contributed by atoms with Crippen LogP contribution in [-0.4, -0.2) is 21.0 Å². The summed E-state index contributed by atoms with van der Waals surface area (Å²) < 4.78 is 13.5. The maximum absolute atomic E-state index is 13.5. The highest BCUT2D eigenvalue weighted by Gasteiger charge is 2.17. The molecule has 0 aliphatic carbocycles. The zero-order valence-electron chi connectivity index (χ0n) is 7.65. The average molecular weight is 259 g/mol. The smallest absolute Gasteiger partial charge is 0.338 e. The van der Waals surface area contributed by atoms with Crippen molar-refractivity contribution in [3.05, 3.63) is 33.5 Å². The van der Waals surface area contributed by atoms with Gasteiger partial charge in [0.2, 0.25) is 0 Å².